The maximum Gasteiger partial charge on any atom is 0.406 e. The average Bonchev–Trinajstić information content (AvgIpc) is 2.44. The molecule has 0 fully saturated rings. The Kier molecular flexibility index (Phi) is 27.5. The predicted molar refractivity (Wildman–Crippen MR) is 82.4 cm³/mol. The van der Waals surface area contributed by atoms with E-state index in [1.54, 1.807) is 0 Å². The van der Waals surface area contributed by atoms with Gasteiger partial charge < -0.3 is 15.2 Å². The van der Waals surface area contributed by atoms with Crippen molar-refractivity contribution in [3.8, 4) is 0 Å². The van der Waals surface area contributed by atoms with Gasteiger partial charge in [-0.05, 0) is 18.8 Å². The van der Waals surface area contributed by atoms with E-state index >= 15 is 0 Å². The zero-order valence-electron chi connectivity index (χ0n) is 13.8. The van der Waals surface area contributed by atoms with Gasteiger partial charge in [0.15, 0.2) is 0 Å². The highest BCUT2D eigenvalue weighted by Gasteiger charge is 2.00. The smallest absolute Gasteiger partial charge is 0.406 e. The van der Waals surface area contributed by atoms with Crippen LogP contribution in [0.2, 0.25) is 0 Å². The number of amides is 1. The number of carbonyl (C=O) groups excluding carboxylic acids is 1. The van der Waals surface area contributed by atoms with Crippen molar-refractivity contribution in [1.29, 1.82) is 0 Å². The molecular formula is C15H35NO3. The first kappa shape index (κ1) is 23.3. The standard InChI is InChI=1S/C8H17NO3.C4H10.C3H8/c1-7(6-10)4-3-5-9-8(11)12-2;1-3-4-2;1-3-2/h7,10H,3-6H2,1-2H3,(H,9,11);3-4H2,1-2H3;3H2,1-2H3. The second-order valence-corrected chi connectivity index (χ2v) is 4.56. The molecule has 19 heavy (non-hydrogen) atoms. The van der Waals surface area contributed by atoms with Crippen molar-refractivity contribution in [3.05, 3.63) is 0 Å². The van der Waals surface area contributed by atoms with Gasteiger partial charge in [0.05, 0.1) is 7.11 Å². The fourth-order valence-corrected chi connectivity index (χ4v) is 0.804. The molecule has 0 saturated heterocycles. The Morgan fingerprint density at radius 2 is 1.68 bits per heavy atom. The zero-order valence-corrected chi connectivity index (χ0v) is 13.8. The molecule has 1 unspecified atom stereocenters. The average molecular weight is 277 g/mol. The number of unbranched alkanes of at least 4 members (excludes halogenated alkanes) is 1. The summed E-state index contributed by atoms with van der Waals surface area (Å²) in [4.78, 5) is 10.5. The second-order valence-electron chi connectivity index (χ2n) is 4.56. The van der Waals surface area contributed by atoms with Crippen LogP contribution in [0.25, 0.3) is 0 Å². The third kappa shape index (κ3) is 31.7. The van der Waals surface area contributed by atoms with Crippen molar-refractivity contribution >= 4 is 6.09 Å². The molecule has 0 heterocycles. The molecule has 0 aliphatic rings. The summed E-state index contributed by atoms with van der Waals surface area (Å²) in [5.41, 5.74) is 0. The van der Waals surface area contributed by atoms with E-state index in [0.717, 1.165) is 12.8 Å². The van der Waals surface area contributed by atoms with Gasteiger partial charge >= 0.3 is 6.09 Å². The molecule has 0 rings (SSSR count). The van der Waals surface area contributed by atoms with Crippen LogP contribution in [0.4, 0.5) is 4.79 Å². The minimum absolute atomic E-state index is 0.207. The van der Waals surface area contributed by atoms with Gasteiger partial charge in [-0.1, -0.05) is 53.9 Å². The summed E-state index contributed by atoms with van der Waals surface area (Å²) in [7, 11) is 1.34. The SMILES string of the molecule is CCC.CCCC.COC(=O)NCCCC(C)CO. The van der Waals surface area contributed by atoms with Gasteiger partial charge in [0, 0.05) is 13.2 Å². The van der Waals surface area contributed by atoms with Crippen LogP contribution in [-0.4, -0.2) is 31.5 Å². The minimum atomic E-state index is -0.397. The first-order chi connectivity index (χ1) is 9.03. The van der Waals surface area contributed by atoms with Crippen molar-refractivity contribution in [3.63, 3.8) is 0 Å². The zero-order chi connectivity index (χ0) is 15.5. The Morgan fingerprint density at radius 1 is 1.21 bits per heavy atom. The largest absolute Gasteiger partial charge is 0.453 e. The van der Waals surface area contributed by atoms with E-state index in [0.29, 0.717) is 12.5 Å². The van der Waals surface area contributed by atoms with Gasteiger partial charge in [-0.3, -0.25) is 0 Å². The van der Waals surface area contributed by atoms with Gasteiger partial charge in [-0.15, -0.1) is 0 Å². The van der Waals surface area contributed by atoms with Gasteiger partial charge in [-0.2, -0.15) is 0 Å². The highest BCUT2D eigenvalue weighted by Crippen LogP contribution is 2.02. The summed E-state index contributed by atoms with van der Waals surface area (Å²) >= 11 is 0. The lowest BCUT2D eigenvalue weighted by Gasteiger charge is -2.07. The van der Waals surface area contributed by atoms with Crippen LogP contribution in [0, 0.1) is 5.92 Å². The van der Waals surface area contributed by atoms with E-state index in [1.807, 2.05) is 6.92 Å². The molecule has 0 aromatic heterocycles. The van der Waals surface area contributed by atoms with E-state index in [1.165, 1.54) is 26.4 Å². The number of aliphatic hydroxyl groups is 1. The number of rotatable bonds is 6. The number of nitrogens with one attached hydrogen (secondary N) is 1. The van der Waals surface area contributed by atoms with Crippen LogP contribution in [0.15, 0.2) is 0 Å². The number of ether oxygens (including phenoxy) is 1. The summed E-state index contributed by atoms with van der Waals surface area (Å²) in [6, 6.07) is 0. The fourth-order valence-electron chi connectivity index (χ4n) is 0.804. The van der Waals surface area contributed by atoms with Crippen molar-refractivity contribution in [1.82, 2.24) is 5.32 Å². The molecule has 0 radical (unpaired) electrons. The number of hydrogen-bond acceptors (Lipinski definition) is 3. The summed E-state index contributed by atoms with van der Waals surface area (Å²) in [5, 5.41) is 11.2. The second kappa shape index (κ2) is 22.4. The molecule has 0 saturated carbocycles. The normalized spacial score (nSPS) is 10.3. The molecule has 0 aromatic carbocycles. The van der Waals surface area contributed by atoms with Crippen LogP contribution >= 0.6 is 0 Å². The molecule has 4 heteroatoms. The third-order valence-corrected chi connectivity index (χ3v) is 2.14. The predicted octanol–water partition coefficient (Wildman–Crippen LogP) is 3.97. The molecule has 118 valence electrons. The molecular weight excluding hydrogens is 242 g/mol. The van der Waals surface area contributed by atoms with Crippen molar-refractivity contribution in [2.75, 3.05) is 20.3 Å². The maximum absolute atomic E-state index is 10.5. The van der Waals surface area contributed by atoms with Gasteiger partial charge in [0.2, 0.25) is 0 Å². The van der Waals surface area contributed by atoms with E-state index in [9.17, 15) is 4.79 Å². The van der Waals surface area contributed by atoms with Crippen molar-refractivity contribution < 1.29 is 14.6 Å². The van der Waals surface area contributed by atoms with Crippen LogP contribution in [0.1, 0.15) is 66.7 Å². The maximum atomic E-state index is 10.5. The van der Waals surface area contributed by atoms with Crippen molar-refractivity contribution in [2.24, 2.45) is 5.92 Å². The van der Waals surface area contributed by atoms with Gasteiger partial charge in [0.25, 0.3) is 0 Å². The highest BCUT2D eigenvalue weighted by molar-refractivity contribution is 5.66. The Labute approximate surface area is 119 Å². The number of aliphatic hydroxyl groups excluding tert-OH is 1. The molecule has 0 aliphatic carbocycles. The number of alkyl carbamates (subject to hydrolysis) is 1. The molecule has 0 bridgehead atoms. The molecule has 0 spiro atoms. The Bertz CT molecular complexity index is 161. The first-order valence-electron chi connectivity index (χ1n) is 7.46. The lowest BCUT2D eigenvalue weighted by Crippen LogP contribution is -2.24. The Morgan fingerprint density at radius 3 is 2.00 bits per heavy atom. The minimum Gasteiger partial charge on any atom is -0.453 e. The third-order valence-electron chi connectivity index (χ3n) is 2.14. The van der Waals surface area contributed by atoms with Crippen LogP contribution in [0.3, 0.4) is 0 Å². The summed E-state index contributed by atoms with van der Waals surface area (Å²) in [6.07, 6.45) is 5.28. The van der Waals surface area contributed by atoms with E-state index in [2.05, 4.69) is 37.7 Å². The Hall–Kier alpha value is -0.770. The molecule has 0 aromatic rings. The molecule has 0 aliphatic heterocycles. The molecule has 1 atom stereocenters. The monoisotopic (exact) mass is 277 g/mol. The van der Waals surface area contributed by atoms with E-state index in [-0.39, 0.29) is 6.61 Å². The number of methoxy groups -OCH3 is 1. The van der Waals surface area contributed by atoms with Crippen LogP contribution in [0.5, 0.6) is 0 Å². The van der Waals surface area contributed by atoms with Gasteiger partial charge in [0.1, 0.15) is 0 Å². The van der Waals surface area contributed by atoms with Gasteiger partial charge in [-0.25, -0.2) is 4.79 Å². The van der Waals surface area contributed by atoms with Crippen LogP contribution < -0.4 is 5.32 Å². The van der Waals surface area contributed by atoms with Crippen molar-refractivity contribution in [2.45, 2.75) is 66.7 Å². The van der Waals surface area contributed by atoms with Crippen LogP contribution in [-0.2, 0) is 4.74 Å². The lowest BCUT2D eigenvalue weighted by molar-refractivity contribution is 0.170. The first-order valence-corrected chi connectivity index (χ1v) is 7.46. The highest BCUT2D eigenvalue weighted by atomic mass is 16.5. The van der Waals surface area contributed by atoms with E-state index in [4.69, 9.17) is 5.11 Å². The molecule has 4 nitrogen and oxygen atoms in total. The summed E-state index contributed by atoms with van der Waals surface area (Å²) in [5.74, 6) is 0.310. The topological polar surface area (TPSA) is 58.6 Å². The lowest BCUT2D eigenvalue weighted by atomic mass is 10.1. The van der Waals surface area contributed by atoms with E-state index < -0.39 is 6.09 Å². The quantitative estimate of drug-likeness (QED) is 0.722. The molecule has 1 amide bonds. The summed E-state index contributed by atoms with van der Waals surface area (Å²) < 4.78 is 4.38. The Balaban J connectivity index is -0.000000303. The number of hydrogen-bond donors (Lipinski definition) is 2. The number of carbonyl (C=O) groups is 1. The molecule has 2 N–H and O–H groups in total. The summed E-state index contributed by atoms with van der Waals surface area (Å²) in [6.45, 7) is 11.4. The fraction of sp³-hybridized carbons (Fsp3) is 0.933.